The zero-order valence-electron chi connectivity index (χ0n) is 20.6. The van der Waals surface area contributed by atoms with Gasteiger partial charge in [0, 0.05) is 23.6 Å². The van der Waals surface area contributed by atoms with E-state index < -0.39 is 6.09 Å². The van der Waals surface area contributed by atoms with Crippen molar-refractivity contribution in [2.45, 2.75) is 70.4 Å². The minimum Gasteiger partial charge on any atom is -0.469 e. The fourth-order valence-corrected chi connectivity index (χ4v) is 6.02. The van der Waals surface area contributed by atoms with Gasteiger partial charge in [-0.1, -0.05) is 37.3 Å². The lowest BCUT2D eigenvalue weighted by molar-refractivity contribution is -0.146. The van der Waals surface area contributed by atoms with Gasteiger partial charge in [-0.3, -0.25) is 9.69 Å². The molecule has 1 aliphatic heterocycles. The first-order valence-electron chi connectivity index (χ1n) is 12.6. The molecule has 1 aromatic heterocycles. The molecule has 1 unspecified atom stereocenters. The summed E-state index contributed by atoms with van der Waals surface area (Å²) in [5.41, 5.74) is 4.94. The predicted octanol–water partition coefficient (Wildman–Crippen LogP) is 5.91. The van der Waals surface area contributed by atoms with Crippen molar-refractivity contribution in [1.29, 1.82) is 0 Å². The van der Waals surface area contributed by atoms with Gasteiger partial charge in [0.15, 0.2) is 0 Å². The molecule has 2 heterocycles. The lowest BCUT2D eigenvalue weighted by Crippen LogP contribution is -2.41. The Morgan fingerprint density at radius 1 is 1.06 bits per heavy atom. The van der Waals surface area contributed by atoms with E-state index in [1.54, 1.807) is 0 Å². The van der Waals surface area contributed by atoms with E-state index in [2.05, 4.69) is 23.6 Å². The highest BCUT2D eigenvalue weighted by atomic mass is 16.5. The highest BCUT2D eigenvalue weighted by Gasteiger charge is 2.34. The van der Waals surface area contributed by atoms with Crippen molar-refractivity contribution in [2.24, 2.45) is 5.92 Å². The number of carbonyl (C=O) groups is 2. The van der Waals surface area contributed by atoms with Crippen molar-refractivity contribution >= 4 is 28.8 Å². The van der Waals surface area contributed by atoms with Crippen LogP contribution in [-0.2, 0) is 16.0 Å². The average Bonchev–Trinajstić information content (AvgIpc) is 3.27. The van der Waals surface area contributed by atoms with E-state index in [-0.39, 0.29) is 29.9 Å². The first-order chi connectivity index (χ1) is 16.9. The van der Waals surface area contributed by atoms with Crippen molar-refractivity contribution in [3.05, 3.63) is 59.4 Å². The fraction of sp³-hybridized carbons (Fsp3) is 0.464. The van der Waals surface area contributed by atoms with Gasteiger partial charge in [0.1, 0.15) is 5.82 Å². The average molecular weight is 476 g/mol. The van der Waals surface area contributed by atoms with Gasteiger partial charge in [0.2, 0.25) is 0 Å². The molecule has 0 saturated heterocycles. The van der Waals surface area contributed by atoms with E-state index in [1.807, 2.05) is 37.3 Å². The Morgan fingerprint density at radius 3 is 2.43 bits per heavy atom. The summed E-state index contributed by atoms with van der Waals surface area (Å²) in [6.07, 6.45) is 4.03. The molecule has 2 atom stereocenters. The molecule has 5 rings (SSSR count). The fourth-order valence-electron chi connectivity index (χ4n) is 6.02. The number of nitrogens with zero attached hydrogens (tertiary/aromatic N) is 3. The Bertz CT molecular complexity index is 1240. The van der Waals surface area contributed by atoms with Crippen molar-refractivity contribution < 1.29 is 19.4 Å². The lowest BCUT2D eigenvalue weighted by Gasteiger charge is -2.33. The van der Waals surface area contributed by atoms with Gasteiger partial charge >= 0.3 is 12.1 Å². The molecule has 2 aromatic carbocycles. The minimum absolute atomic E-state index is 0.0422. The maximum absolute atomic E-state index is 12.1. The highest BCUT2D eigenvalue weighted by molar-refractivity contribution is 5.94. The van der Waals surface area contributed by atoms with Gasteiger partial charge in [-0.05, 0) is 63.1 Å². The largest absolute Gasteiger partial charge is 0.469 e. The second kappa shape index (κ2) is 9.36. The summed E-state index contributed by atoms with van der Waals surface area (Å²) < 4.78 is 7.37. The van der Waals surface area contributed by atoms with E-state index in [0.29, 0.717) is 0 Å². The minimum atomic E-state index is -0.920. The molecule has 7 nitrogen and oxygen atoms in total. The number of imidazole rings is 1. The summed E-state index contributed by atoms with van der Waals surface area (Å²) in [5, 5.41) is 9.88. The maximum atomic E-state index is 12.1. The number of hydrogen-bond acceptors (Lipinski definition) is 4. The molecule has 184 valence electrons. The molecule has 0 radical (unpaired) electrons. The van der Waals surface area contributed by atoms with Crippen LogP contribution in [0.4, 0.5) is 10.5 Å². The molecular weight excluding hydrogens is 442 g/mol. The van der Waals surface area contributed by atoms with Crippen LogP contribution in [0.15, 0.2) is 42.5 Å². The Morgan fingerprint density at radius 2 is 1.77 bits per heavy atom. The lowest BCUT2D eigenvalue weighted by atomic mass is 9.85. The first-order valence-corrected chi connectivity index (χ1v) is 12.6. The van der Waals surface area contributed by atoms with Crippen LogP contribution in [0.2, 0.25) is 0 Å². The molecule has 0 spiro atoms. The molecule has 3 aromatic rings. The van der Waals surface area contributed by atoms with Crippen LogP contribution in [0.25, 0.3) is 11.0 Å². The number of esters is 1. The Labute approximate surface area is 205 Å². The number of carbonyl (C=O) groups excluding carboxylic acids is 1. The van der Waals surface area contributed by atoms with Crippen LogP contribution < -0.4 is 4.90 Å². The first kappa shape index (κ1) is 23.4. The van der Waals surface area contributed by atoms with Crippen LogP contribution in [-0.4, -0.2) is 39.9 Å². The number of methoxy groups -OCH3 is 1. The smallest absolute Gasteiger partial charge is 0.412 e. The highest BCUT2D eigenvalue weighted by Crippen LogP contribution is 2.42. The Kier molecular flexibility index (Phi) is 6.26. The topological polar surface area (TPSA) is 84.7 Å². The van der Waals surface area contributed by atoms with E-state index >= 15 is 0 Å². The summed E-state index contributed by atoms with van der Waals surface area (Å²) in [6.45, 7) is 4.15. The third-order valence-corrected chi connectivity index (χ3v) is 7.97. The summed E-state index contributed by atoms with van der Waals surface area (Å²) in [6, 6.07) is 14.6. The number of benzene rings is 2. The van der Waals surface area contributed by atoms with Crippen LogP contribution in [0, 0.1) is 5.92 Å². The quantitative estimate of drug-likeness (QED) is 0.474. The molecule has 1 aliphatic carbocycles. The van der Waals surface area contributed by atoms with Crippen molar-refractivity contribution in [2.75, 3.05) is 12.0 Å². The Balaban J connectivity index is 1.63. The normalized spacial score (nSPS) is 23.1. The molecule has 7 heteroatoms. The third kappa shape index (κ3) is 4.07. The van der Waals surface area contributed by atoms with Gasteiger partial charge in [0.25, 0.3) is 0 Å². The van der Waals surface area contributed by atoms with Gasteiger partial charge < -0.3 is 14.4 Å². The Hall–Kier alpha value is -3.35. The zero-order chi connectivity index (χ0) is 24.7. The number of aryl methyl sites for hydroxylation is 1. The van der Waals surface area contributed by atoms with Gasteiger partial charge in [-0.2, -0.15) is 0 Å². The molecule has 35 heavy (non-hydrogen) atoms. The molecule has 1 saturated carbocycles. The third-order valence-electron chi connectivity index (χ3n) is 7.97. The van der Waals surface area contributed by atoms with Gasteiger partial charge in [-0.25, -0.2) is 9.78 Å². The SMILES string of the molecule is COC(=O)[C@H]1CC[C@H](n2c(C(C)c3ccccc3)nc3c4c(ccc32)N(C(=O)O)[C@@H](C)CC4)CC1. The summed E-state index contributed by atoms with van der Waals surface area (Å²) >= 11 is 0. The standard InChI is InChI=1S/C28H33N3O4/c1-17-9-14-22-23(30(17)28(33)34)15-16-24-25(22)29-26(18(2)19-7-5-4-6-8-19)31(24)21-12-10-20(11-13-21)27(32)35-3/h4-8,15-18,20-21H,9-14H2,1-3H3,(H,33,34)/t17-,18?,20-,21-/m0/s1. The van der Waals surface area contributed by atoms with E-state index in [4.69, 9.17) is 9.72 Å². The summed E-state index contributed by atoms with van der Waals surface area (Å²) in [4.78, 5) is 30.9. The number of rotatable bonds is 4. The second-order valence-corrected chi connectivity index (χ2v) is 9.97. The number of fused-ring (bicyclic) bond motifs is 3. The van der Waals surface area contributed by atoms with Crippen LogP contribution in [0.5, 0.6) is 0 Å². The number of ether oxygens (including phenoxy) is 1. The summed E-state index contributed by atoms with van der Waals surface area (Å²) in [5.74, 6) is 0.922. The number of anilines is 1. The van der Waals surface area contributed by atoms with E-state index in [9.17, 15) is 14.7 Å². The van der Waals surface area contributed by atoms with Gasteiger partial charge in [-0.15, -0.1) is 0 Å². The van der Waals surface area contributed by atoms with Crippen LogP contribution in [0.3, 0.4) is 0 Å². The molecule has 1 N–H and O–H groups in total. The van der Waals surface area contributed by atoms with E-state index in [0.717, 1.165) is 66.6 Å². The van der Waals surface area contributed by atoms with Crippen LogP contribution in [0.1, 0.15) is 74.9 Å². The number of hydrogen-bond donors (Lipinski definition) is 1. The van der Waals surface area contributed by atoms with Crippen molar-refractivity contribution in [3.63, 3.8) is 0 Å². The zero-order valence-corrected chi connectivity index (χ0v) is 20.6. The number of aromatic nitrogens is 2. The van der Waals surface area contributed by atoms with Crippen molar-refractivity contribution in [3.8, 4) is 0 Å². The molecular formula is C28H33N3O4. The monoisotopic (exact) mass is 475 g/mol. The van der Waals surface area contributed by atoms with Crippen LogP contribution >= 0.6 is 0 Å². The second-order valence-electron chi connectivity index (χ2n) is 9.97. The van der Waals surface area contributed by atoms with Crippen molar-refractivity contribution in [1.82, 2.24) is 9.55 Å². The molecule has 1 amide bonds. The number of carboxylic acid groups (broad SMARTS) is 1. The predicted molar refractivity (Wildman–Crippen MR) is 135 cm³/mol. The molecule has 2 aliphatic rings. The van der Waals surface area contributed by atoms with E-state index in [1.165, 1.54) is 17.6 Å². The summed E-state index contributed by atoms with van der Waals surface area (Å²) in [7, 11) is 1.46. The number of amides is 1. The van der Waals surface area contributed by atoms with Gasteiger partial charge in [0.05, 0.1) is 29.7 Å². The molecule has 0 bridgehead atoms. The maximum Gasteiger partial charge on any atom is 0.412 e. The molecule has 1 fully saturated rings.